The Morgan fingerprint density at radius 1 is 1.67 bits per heavy atom. The minimum absolute atomic E-state index is 0. The van der Waals surface area contributed by atoms with E-state index in [0.29, 0.717) is 13.2 Å². The van der Waals surface area contributed by atoms with Crippen molar-refractivity contribution in [1.82, 2.24) is 0 Å². The summed E-state index contributed by atoms with van der Waals surface area (Å²) in [5.74, 6) is 0. The zero-order chi connectivity index (χ0) is 5.98. The molecule has 1 aliphatic heterocycles. The van der Waals surface area contributed by atoms with Crippen LogP contribution in [0.25, 0.3) is 0 Å². The van der Waals surface area contributed by atoms with E-state index in [1.165, 1.54) is 0 Å². The summed E-state index contributed by atoms with van der Waals surface area (Å²) in [5.41, 5.74) is 5.45. The standard InChI is InChI=1S/C5H11NO2.ClH/c6-4-1-2-8-3-5(4)7;/h4-5,7H,1-3,6H2;1H/t4-,5+;/m0./s1. The van der Waals surface area contributed by atoms with Crippen molar-refractivity contribution >= 4 is 0 Å². The average Bonchev–Trinajstić information content (AvgIpc) is 1.77. The van der Waals surface area contributed by atoms with Crippen molar-refractivity contribution in [3.8, 4) is 0 Å². The Hall–Kier alpha value is 0.170. The predicted molar refractivity (Wildman–Crippen MR) is 30.5 cm³/mol. The number of rotatable bonds is 0. The molecule has 56 valence electrons. The van der Waals surface area contributed by atoms with Crippen molar-refractivity contribution in [3.05, 3.63) is 0 Å². The normalized spacial score (nSPS) is 35.3. The third-order valence-corrected chi connectivity index (χ3v) is 1.38. The van der Waals surface area contributed by atoms with E-state index in [1.54, 1.807) is 0 Å². The molecule has 1 rings (SSSR count). The summed E-state index contributed by atoms with van der Waals surface area (Å²) in [6, 6.07) is -0.0660. The van der Waals surface area contributed by atoms with E-state index >= 15 is 0 Å². The third-order valence-electron chi connectivity index (χ3n) is 1.38. The van der Waals surface area contributed by atoms with Crippen LogP contribution in [-0.2, 0) is 4.74 Å². The Kier molecular flexibility index (Phi) is 4.14. The summed E-state index contributed by atoms with van der Waals surface area (Å²) in [6.07, 6.45) is 0.338. The van der Waals surface area contributed by atoms with E-state index in [0.717, 1.165) is 6.42 Å². The molecule has 3 nitrogen and oxygen atoms in total. The summed E-state index contributed by atoms with van der Waals surface area (Å²) in [6.45, 7) is 1.10. The summed E-state index contributed by atoms with van der Waals surface area (Å²) in [5, 5.41) is 8.93. The lowest BCUT2D eigenvalue weighted by Crippen LogP contribution is -3.00. The Bertz CT molecular complexity index is 76.0. The van der Waals surface area contributed by atoms with Crippen LogP contribution >= 0.6 is 0 Å². The van der Waals surface area contributed by atoms with Crippen molar-refractivity contribution in [2.75, 3.05) is 13.2 Å². The molecule has 2 atom stereocenters. The Morgan fingerprint density at radius 3 is 2.67 bits per heavy atom. The van der Waals surface area contributed by atoms with Crippen LogP contribution in [-0.4, -0.2) is 30.5 Å². The summed E-state index contributed by atoms with van der Waals surface area (Å²) in [7, 11) is 0. The van der Waals surface area contributed by atoms with Crippen LogP contribution < -0.4 is 18.1 Å². The summed E-state index contributed by atoms with van der Waals surface area (Å²) < 4.78 is 4.92. The zero-order valence-electron chi connectivity index (χ0n) is 6.09. The van der Waals surface area contributed by atoms with Gasteiger partial charge in [0.1, 0.15) is 0 Å². The average molecular weight is 154 g/mol. The van der Waals surface area contributed by atoms with E-state index in [4.69, 9.17) is 15.6 Å². The molecule has 1 saturated heterocycles. The Balaban J connectivity index is 0. The van der Waals surface area contributed by atoms with Crippen LogP contribution in [0, 0.1) is 0 Å². The van der Waals surface area contributed by atoms with Crippen LogP contribution in [0.1, 0.15) is 7.85 Å². The van der Waals surface area contributed by atoms with Crippen molar-refractivity contribution in [2.24, 2.45) is 5.73 Å². The first-order valence-electron chi connectivity index (χ1n) is 2.82. The zero-order valence-corrected chi connectivity index (χ0v) is 5.84. The van der Waals surface area contributed by atoms with Gasteiger partial charge in [-0.1, -0.05) is 0 Å². The minimum Gasteiger partial charge on any atom is -1.00 e. The van der Waals surface area contributed by atoms with Crippen LogP contribution in [0.15, 0.2) is 0 Å². The van der Waals surface area contributed by atoms with Gasteiger partial charge in [0.25, 0.3) is 0 Å². The molecule has 3 N–H and O–H groups in total. The van der Waals surface area contributed by atoms with Gasteiger partial charge in [0.05, 0.1) is 12.7 Å². The van der Waals surface area contributed by atoms with E-state index in [1.807, 2.05) is 0 Å². The van der Waals surface area contributed by atoms with Crippen LogP contribution in [0.3, 0.4) is 0 Å². The molecule has 0 spiro atoms. The molecule has 4 heteroatoms. The van der Waals surface area contributed by atoms with Crippen molar-refractivity contribution in [1.29, 1.82) is 0 Å². The van der Waals surface area contributed by atoms with Crippen LogP contribution in [0.5, 0.6) is 0 Å². The fourth-order valence-electron chi connectivity index (χ4n) is 0.739. The molecule has 0 amide bonds. The smallest absolute Gasteiger partial charge is 1.00 e. The molecule has 0 saturated carbocycles. The summed E-state index contributed by atoms with van der Waals surface area (Å²) in [4.78, 5) is 0. The minimum atomic E-state index is -0.441. The Morgan fingerprint density at radius 2 is 2.33 bits per heavy atom. The predicted octanol–water partition coefficient (Wildman–Crippen LogP) is -3.79. The monoisotopic (exact) mass is 153 g/mol. The molecule has 9 heavy (non-hydrogen) atoms. The first-order valence-corrected chi connectivity index (χ1v) is 2.82. The van der Waals surface area contributed by atoms with E-state index < -0.39 is 6.10 Å². The number of nitrogens with two attached hydrogens (primary N) is 1. The molecule has 1 fully saturated rings. The first kappa shape index (κ1) is 9.17. The second-order valence-electron chi connectivity index (χ2n) is 2.09. The van der Waals surface area contributed by atoms with Gasteiger partial charge in [-0.15, -0.1) is 0 Å². The third kappa shape index (κ3) is 2.49. The number of halogens is 1. The molecule has 0 bridgehead atoms. The second-order valence-corrected chi connectivity index (χ2v) is 2.09. The first-order chi connectivity index (χ1) is 3.80. The number of aliphatic hydroxyl groups is 1. The maximum Gasteiger partial charge on any atom is 1.00 e. The lowest BCUT2D eigenvalue weighted by molar-refractivity contribution is -0.0182. The van der Waals surface area contributed by atoms with Gasteiger partial charge in [0.15, 0.2) is 0 Å². The topological polar surface area (TPSA) is 55.5 Å². The van der Waals surface area contributed by atoms with Crippen molar-refractivity contribution in [2.45, 2.75) is 18.6 Å². The highest BCUT2D eigenvalue weighted by molar-refractivity contribution is 4.74. The van der Waals surface area contributed by atoms with Gasteiger partial charge < -0.3 is 28.0 Å². The molecule has 0 aromatic heterocycles. The van der Waals surface area contributed by atoms with Gasteiger partial charge >= 0.3 is 1.43 Å². The molecular formula is C5H12ClNO2. The highest BCUT2D eigenvalue weighted by Crippen LogP contribution is 2.03. The van der Waals surface area contributed by atoms with Crippen LogP contribution in [0.2, 0.25) is 0 Å². The number of hydrogen-bond acceptors (Lipinski definition) is 3. The fourth-order valence-corrected chi connectivity index (χ4v) is 0.739. The highest BCUT2D eigenvalue weighted by atomic mass is 35.5. The second kappa shape index (κ2) is 4.06. The molecule has 0 aromatic carbocycles. The van der Waals surface area contributed by atoms with Gasteiger partial charge in [0, 0.05) is 12.6 Å². The van der Waals surface area contributed by atoms with Crippen LogP contribution in [0.4, 0.5) is 0 Å². The lowest BCUT2D eigenvalue weighted by Gasteiger charge is -2.23. The molecule has 1 aliphatic rings. The van der Waals surface area contributed by atoms with E-state index in [2.05, 4.69) is 0 Å². The maximum absolute atomic E-state index is 8.93. The summed E-state index contributed by atoms with van der Waals surface area (Å²) >= 11 is 0. The number of hydrogen-bond donors (Lipinski definition) is 2. The number of aliphatic hydroxyl groups excluding tert-OH is 1. The van der Waals surface area contributed by atoms with Gasteiger partial charge in [0.2, 0.25) is 0 Å². The fraction of sp³-hybridized carbons (Fsp3) is 1.00. The quantitative estimate of drug-likeness (QED) is 0.376. The van der Waals surface area contributed by atoms with Crippen molar-refractivity contribution < 1.29 is 23.7 Å². The maximum atomic E-state index is 8.93. The molecule has 1 heterocycles. The molecular weight excluding hydrogens is 142 g/mol. The van der Waals surface area contributed by atoms with Gasteiger partial charge in [-0.25, -0.2) is 0 Å². The molecule has 0 aliphatic carbocycles. The van der Waals surface area contributed by atoms with Gasteiger partial charge in [-0.3, -0.25) is 0 Å². The highest BCUT2D eigenvalue weighted by Gasteiger charge is 2.18. The van der Waals surface area contributed by atoms with Gasteiger partial charge in [-0.2, -0.15) is 0 Å². The SMILES string of the molecule is N[C@H]1CCOC[C@H]1O.[Cl-].[H+]. The molecule has 0 aromatic rings. The largest absolute Gasteiger partial charge is 1.00 e. The van der Waals surface area contributed by atoms with E-state index in [9.17, 15) is 0 Å². The number of ether oxygens (including phenoxy) is 1. The Labute approximate surface area is 62.1 Å². The van der Waals surface area contributed by atoms with Crippen molar-refractivity contribution in [3.63, 3.8) is 0 Å². The van der Waals surface area contributed by atoms with Gasteiger partial charge in [-0.05, 0) is 6.42 Å². The molecule has 0 radical (unpaired) electrons. The lowest BCUT2D eigenvalue weighted by atomic mass is 10.1. The molecule has 0 unspecified atom stereocenters. The van der Waals surface area contributed by atoms with E-state index in [-0.39, 0.29) is 19.9 Å².